The third-order valence-corrected chi connectivity index (χ3v) is 9.03. The second-order valence-corrected chi connectivity index (χ2v) is 11.7. The molecular formula is C22H21ClN4O5S2. The number of carbonyl (C=O) groups excluding carboxylic acids is 1. The molecule has 0 aliphatic carbocycles. The Morgan fingerprint density at radius 3 is 2.53 bits per heavy atom. The highest BCUT2D eigenvalue weighted by Gasteiger charge is 2.29. The van der Waals surface area contributed by atoms with Crippen LogP contribution in [0.25, 0.3) is 5.69 Å². The van der Waals surface area contributed by atoms with Gasteiger partial charge in [-0.1, -0.05) is 17.7 Å². The Hall–Kier alpha value is -2.57. The van der Waals surface area contributed by atoms with Crippen LogP contribution < -0.4 is 5.32 Å². The maximum atomic E-state index is 13.1. The first-order chi connectivity index (χ1) is 16.3. The van der Waals surface area contributed by atoms with Crippen molar-refractivity contribution in [2.24, 2.45) is 0 Å². The van der Waals surface area contributed by atoms with E-state index in [-0.39, 0.29) is 10.5 Å². The van der Waals surface area contributed by atoms with Gasteiger partial charge in [-0.3, -0.25) is 9.00 Å². The number of halogens is 1. The number of rotatable bonds is 5. The van der Waals surface area contributed by atoms with Gasteiger partial charge in [0.05, 0.1) is 41.0 Å². The predicted molar refractivity (Wildman–Crippen MR) is 128 cm³/mol. The largest absolute Gasteiger partial charge is 0.379 e. The van der Waals surface area contributed by atoms with Gasteiger partial charge in [0.15, 0.2) is 0 Å². The van der Waals surface area contributed by atoms with Gasteiger partial charge in [-0.05, 0) is 42.5 Å². The Kier molecular flexibility index (Phi) is 6.30. The Morgan fingerprint density at radius 2 is 1.82 bits per heavy atom. The molecule has 1 atom stereocenters. The highest BCUT2D eigenvalue weighted by molar-refractivity contribution is 7.89. The van der Waals surface area contributed by atoms with E-state index in [9.17, 15) is 17.4 Å². The number of amides is 1. The lowest BCUT2D eigenvalue weighted by molar-refractivity contribution is 0.0730. The third-order valence-electron chi connectivity index (χ3n) is 5.68. The van der Waals surface area contributed by atoms with Gasteiger partial charge in [-0.25, -0.2) is 13.1 Å². The van der Waals surface area contributed by atoms with Crippen LogP contribution in [0.5, 0.6) is 0 Å². The second kappa shape index (κ2) is 9.23. The molecule has 2 aliphatic heterocycles. The van der Waals surface area contributed by atoms with Crippen LogP contribution in [0.3, 0.4) is 0 Å². The molecule has 0 unspecified atom stereocenters. The normalized spacial score (nSPS) is 18.6. The quantitative estimate of drug-likeness (QED) is 0.553. The number of benzene rings is 2. The predicted octanol–water partition coefficient (Wildman–Crippen LogP) is 2.56. The van der Waals surface area contributed by atoms with Crippen LogP contribution in [-0.2, 0) is 37.1 Å². The van der Waals surface area contributed by atoms with Crippen molar-refractivity contribution in [3.05, 3.63) is 70.4 Å². The number of sulfonamides is 1. The van der Waals surface area contributed by atoms with Gasteiger partial charge in [0, 0.05) is 40.0 Å². The maximum Gasteiger partial charge on any atom is 0.256 e. The number of nitrogens with one attached hydrogen (secondary N) is 1. The Bertz CT molecular complexity index is 1380. The van der Waals surface area contributed by atoms with E-state index in [1.807, 2.05) is 6.07 Å². The molecule has 0 spiro atoms. The van der Waals surface area contributed by atoms with E-state index in [1.54, 1.807) is 22.9 Å². The van der Waals surface area contributed by atoms with Crippen molar-refractivity contribution in [2.75, 3.05) is 31.6 Å². The summed E-state index contributed by atoms with van der Waals surface area (Å²) >= 11 is 6.14. The number of morpholine rings is 1. The van der Waals surface area contributed by atoms with Gasteiger partial charge < -0.3 is 10.1 Å². The molecule has 0 radical (unpaired) electrons. The summed E-state index contributed by atoms with van der Waals surface area (Å²) in [6.07, 6.45) is 0. The van der Waals surface area contributed by atoms with E-state index >= 15 is 0 Å². The van der Waals surface area contributed by atoms with Gasteiger partial charge in [0.2, 0.25) is 10.0 Å². The number of carbonyl (C=O) groups is 1. The van der Waals surface area contributed by atoms with Crippen molar-refractivity contribution >= 4 is 44.1 Å². The molecule has 178 valence electrons. The maximum absolute atomic E-state index is 13.1. The zero-order valence-electron chi connectivity index (χ0n) is 17.9. The SMILES string of the molecule is O=C(Nc1c2c(nn1-c1cccc(Cl)c1)C[S@@](=O)C2)c1ccc(S(=O)(=O)N2CCOCC2)cc1. The van der Waals surface area contributed by atoms with Gasteiger partial charge in [-0.2, -0.15) is 9.40 Å². The molecular weight excluding hydrogens is 500 g/mol. The summed E-state index contributed by atoms with van der Waals surface area (Å²) in [5, 5.41) is 7.95. The van der Waals surface area contributed by atoms with Crippen LogP contribution in [0.1, 0.15) is 21.6 Å². The summed E-state index contributed by atoms with van der Waals surface area (Å²) in [4.78, 5) is 13.2. The molecule has 3 aromatic rings. The van der Waals surface area contributed by atoms with Crippen LogP contribution in [0, 0.1) is 0 Å². The first kappa shape index (κ1) is 23.2. The minimum absolute atomic E-state index is 0.117. The minimum atomic E-state index is -3.65. The third kappa shape index (κ3) is 4.41. The molecule has 0 bridgehead atoms. The van der Waals surface area contributed by atoms with E-state index < -0.39 is 26.7 Å². The molecule has 9 nitrogen and oxygen atoms in total. The molecule has 1 N–H and O–H groups in total. The molecule has 2 aromatic carbocycles. The van der Waals surface area contributed by atoms with Crippen LogP contribution in [0.2, 0.25) is 5.02 Å². The van der Waals surface area contributed by atoms with E-state index in [0.717, 1.165) is 5.56 Å². The Labute approximate surface area is 204 Å². The molecule has 0 saturated carbocycles. The molecule has 1 aromatic heterocycles. The topological polar surface area (TPSA) is 111 Å². The number of fused-ring (bicyclic) bond motifs is 1. The molecule has 5 rings (SSSR count). The summed E-state index contributed by atoms with van der Waals surface area (Å²) in [5.74, 6) is 0.611. The zero-order chi connectivity index (χ0) is 23.9. The lowest BCUT2D eigenvalue weighted by Crippen LogP contribution is -2.40. The van der Waals surface area contributed by atoms with Crippen molar-refractivity contribution in [1.82, 2.24) is 14.1 Å². The summed E-state index contributed by atoms with van der Waals surface area (Å²) in [6, 6.07) is 12.8. The Balaban J connectivity index is 1.42. The minimum Gasteiger partial charge on any atom is -0.379 e. The number of aromatic nitrogens is 2. The first-order valence-corrected chi connectivity index (χ1v) is 13.8. The molecule has 1 fully saturated rings. The van der Waals surface area contributed by atoms with Crippen molar-refractivity contribution in [3.8, 4) is 5.69 Å². The van der Waals surface area contributed by atoms with Crippen LogP contribution in [-0.4, -0.2) is 58.9 Å². The average molecular weight is 521 g/mol. The van der Waals surface area contributed by atoms with Crippen LogP contribution in [0.15, 0.2) is 53.4 Å². The number of nitrogens with zero attached hydrogens (tertiary/aromatic N) is 3. The molecule has 3 heterocycles. The number of anilines is 1. The van der Waals surface area contributed by atoms with E-state index in [4.69, 9.17) is 16.3 Å². The van der Waals surface area contributed by atoms with Gasteiger partial charge in [0.1, 0.15) is 5.82 Å². The van der Waals surface area contributed by atoms with Crippen molar-refractivity contribution < 1.29 is 22.2 Å². The summed E-state index contributed by atoms with van der Waals surface area (Å²) < 4.78 is 45.9. The lowest BCUT2D eigenvalue weighted by atomic mass is 10.2. The smallest absolute Gasteiger partial charge is 0.256 e. The lowest BCUT2D eigenvalue weighted by Gasteiger charge is -2.26. The monoisotopic (exact) mass is 520 g/mol. The standard InChI is InChI=1S/C22H21ClN4O5S2/c23-16-2-1-3-17(12-16)27-21(19-13-33(29)14-20(19)25-27)24-22(28)15-4-6-18(7-5-15)34(30,31)26-8-10-32-11-9-26/h1-7,12H,8-11,13-14H2,(H,24,28)/t33-/m0/s1. The number of hydrogen-bond acceptors (Lipinski definition) is 6. The van der Waals surface area contributed by atoms with Gasteiger partial charge in [0.25, 0.3) is 5.91 Å². The summed E-state index contributed by atoms with van der Waals surface area (Å²) in [5.41, 5.74) is 2.33. The highest BCUT2D eigenvalue weighted by Crippen LogP contribution is 2.32. The van der Waals surface area contributed by atoms with Crippen LogP contribution in [0.4, 0.5) is 5.82 Å². The first-order valence-electron chi connectivity index (χ1n) is 10.5. The fraction of sp³-hybridized carbons (Fsp3) is 0.273. The van der Waals surface area contributed by atoms with E-state index in [2.05, 4.69) is 10.4 Å². The number of hydrogen-bond donors (Lipinski definition) is 1. The molecule has 12 heteroatoms. The molecule has 2 aliphatic rings. The summed E-state index contributed by atoms with van der Waals surface area (Å²) in [6.45, 7) is 1.30. The van der Waals surface area contributed by atoms with Gasteiger partial charge in [-0.15, -0.1) is 0 Å². The van der Waals surface area contributed by atoms with Crippen molar-refractivity contribution in [2.45, 2.75) is 16.4 Å². The molecule has 1 saturated heterocycles. The van der Waals surface area contributed by atoms with Crippen molar-refractivity contribution in [1.29, 1.82) is 0 Å². The fourth-order valence-corrected chi connectivity index (χ4v) is 6.80. The summed E-state index contributed by atoms with van der Waals surface area (Å²) in [7, 11) is -4.73. The molecule has 1 amide bonds. The van der Waals surface area contributed by atoms with Crippen LogP contribution >= 0.6 is 11.6 Å². The highest BCUT2D eigenvalue weighted by atomic mass is 35.5. The van der Waals surface area contributed by atoms with Crippen molar-refractivity contribution in [3.63, 3.8) is 0 Å². The fourth-order valence-electron chi connectivity index (χ4n) is 3.94. The molecule has 34 heavy (non-hydrogen) atoms. The van der Waals surface area contributed by atoms with E-state index in [1.165, 1.54) is 28.6 Å². The average Bonchev–Trinajstić information content (AvgIpc) is 3.36. The second-order valence-electron chi connectivity index (χ2n) is 7.89. The van der Waals surface area contributed by atoms with E-state index in [0.29, 0.717) is 60.0 Å². The van der Waals surface area contributed by atoms with Gasteiger partial charge >= 0.3 is 0 Å². The Morgan fingerprint density at radius 1 is 1.09 bits per heavy atom. The number of ether oxygens (including phenoxy) is 1. The zero-order valence-corrected chi connectivity index (χ0v) is 20.3.